The predicted molar refractivity (Wildman–Crippen MR) is 77.9 cm³/mol. The van der Waals surface area contributed by atoms with Gasteiger partial charge in [0, 0.05) is 11.8 Å². The number of anilines is 1. The number of hydrogen-bond donors (Lipinski definition) is 1. The van der Waals surface area contributed by atoms with Gasteiger partial charge in [0.1, 0.15) is 5.76 Å². The molecule has 1 heterocycles. The van der Waals surface area contributed by atoms with Crippen LogP contribution >= 0.6 is 15.9 Å². The molecule has 0 saturated carbocycles. The lowest BCUT2D eigenvalue weighted by Gasteiger charge is -2.11. The molecule has 2 rings (SSSR count). The van der Waals surface area contributed by atoms with Gasteiger partial charge in [0.15, 0.2) is 16.2 Å². The molecule has 0 atom stereocenters. The minimum atomic E-state index is 0.602. The third-order valence-electron chi connectivity index (χ3n) is 2.56. The second kappa shape index (κ2) is 6.52. The Labute approximate surface area is 120 Å². The molecule has 0 fully saturated rings. The second-order valence-electron chi connectivity index (χ2n) is 3.86. The van der Waals surface area contributed by atoms with Crippen LogP contribution in [0.3, 0.4) is 0 Å². The predicted octanol–water partition coefficient (Wildman–Crippen LogP) is 4.06. The minimum Gasteiger partial charge on any atom is -0.493 e. The molecule has 0 radical (unpaired) electrons. The maximum absolute atomic E-state index is 5.53. The van der Waals surface area contributed by atoms with Crippen LogP contribution in [0.5, 0.6) is 11.5 Å². The first-order valence-corrected chi connectivity index (χ1v) is 6.81. The van der Waals surface area contributed by atoms with Crippen molar-refractivity contribution in [1.29, 1.82) is 0 Å². The van der Waals surface area contributed by atoms with Gasteiger partial charge in [-0.15, -0.1) is 0 Å². The number of benzene rings is 1. The molecular formula is C14H16BrNO3. The van der Waals surface area contributed by atoms with E-state index in [0.29, 0.717) is 13.2 Å². The van der Waals surface area contributed by atoms with Gasteiger partial charge in [-0.2, -0.15) is 0 Å². The van der Waals surface area contributed by atoms with Crippen molar-refractivity contribution < 1.29 is 13.9 Å². The summed E-state index contributed by atoms with van der Waals surface area (Å²) in [6.07, 6.45) is 0. The van der Waals surface area contributed by atoms with E-state index in [1.165, 1.54) is 0 Å². The lowest BCUT2D eigenvalue weighted by atomic mass is 10.2. The van der Waals surface area contributed by atoms with Crippen LogP contribution in [-0.2, 0) is 6.54 Å². The van der Waals surface area contributed by atoms with E-state index < -0.39 is 0 Å². The first kappa shape index (κ1) is 13.8. The van der Waals surface area contributed by atoms with Crippen molar-refractivity contribution >= 4 is 21.6 Å². The Morgan fingerprint density at radius 2 is 2.05 bits per heavy atom. The molecule has 0 saturated heterocycles. The summed E-state index contributed by atoms with van der Waals surface area (Å²) in [6.45, 7) is 3.16. The fraction of sp³-hybridized carbons (Fsp3) is 0.286. The van der Waals surface area contributed by atoms with Gasteiger partial charge in [0.2, 0.25) is 0 Å². The average molecular weight is 326 g/mol. The zero-order chi connectivity index (χ0) is 13.7. The summed E-state index contributed by atoms with van der Waals surface area (Å²) >= 11 is 3.28. The zero-order valence-corrected chi connectivity index (χ0v) is 12.5. The summed E-state index contributed by atoms with van der Waals surface area (Å²) in [5.41, 5.74) is 0.955. The number of methoxy groups -OCH3 is 1. The highest BCUT2D eigenvalue weighted by Gasteiger charge is 2.06. The summed E-state index contributed by atoms with van der Waals surface area (Å²) in [7, 11) is 1.63. The number of halogens is 1. The Balaban J connectivity index is 2.05. The molecule has 0 aliphatic carbocycles. The maximum Gasteiger partial charge on any atom is 0.169 e. The Bertz CT molecular complexity index is 539. The number of nitrogens with one attached hydrogen (secondary N) is 1. The molecule has 2 aromatic rings. The standard InChI is InChI=1S/C14H16BrNO3/c1-3-18-13-8-10(4-6-12(13)17-2)16-9-11-5-7-14(15)19-11/h4-8,16H,3,9H2,1-2H3. The third kappa shape index (κ3) is 3.67. The quantitative estimate of drug-likeness (QED) is 0.869. The Morgan fingerprint density at radius 3 is 2.68 bits per heavy atom. The van der Waals surface area contributed by atoms with Crippen molar-refractivity contribution in [3.05, 3.63) is 40.8 Å². The van der Waals surface area contributed by atoms with Gasteiger partial charge in [-0.05, 0) is 47.1 Å². The van der Waals surface area contributed by atoms with E-state index >= 15 is 0 Å². The molecule has 1 aromatic heterocycles. The molecule has 1 aromatic carbocycles. The molecule has 19 heavy (non-hydrogen) atoms. The lowest BCUT2D eigenvalue weighted by Crippen LogP contribution is -2.00. The van der Waals surface area contributed by atoms with E-state index in [2.05, 4.69) is 21.2 Å². The molecule has 4 nitrogen and oxygen atoms in total. The molecule has 0 amide bonds. The van der Waals surface area contributed by atoms with Gasteiger partial charge in [0.05, 0.1) is 20.3 Å². The second-order valence-corrected chi connectivity index (χ2v) is 4.64. The van der Waals surface area contributed by atoms with Crippen LogP contribution in [0.4, 0.5) is 5.69 Å². The molecule has 0 spiro atoms. The van der Waals surface area contributed by atoms with Crippen molar-refractivity contribution in [3.8, 4) is 11.5 Å². The molecule has 0 bridgehead atoms. The summed E-state index contributed by atoms with van der Waals surface area (Å²) in [5.74, 6) is 2.32. The zero-order valence-electron chi connectivity index (χ0n) is 10.9. The Kier molecular flexibility index (Phi) is 4.74. The highest BCUT2D eigenvalue weighted by atomic mass is 79.9. The van der Waals surface area contributed by atoms with Gasteiger partial charge in [-0.25, -0.2) is 0 Å². The van der Waals surface area contributed by atoms with E-state index in [1.807, 2.05) is 37.3 Å². The number of ether oxygens (including phenoxy) is 2. The first-order chi connectivity index (χ1) is 9.22. The molecule has 0 unspecified atom stereocenters. The van der Waals surface area contributed by atoms with E-state index in [4.69, 9.17) is 13.9 Å². The fourth-order valence-corrected chi connectivity index (χ4v) is 2.03. The molecule has 5 heteroatoms. The van der Waals surface area contributed by atoms with Crippen LogP contribution in [0.2, 0.25) is 0 Å². The van der Waals surface area contributed by atoms with E-state index in [9.17, 15) is 0 Å². The third-order valence-corrected chi connectivity index (χ3v) is 2.99. The molecule has 0 aliphatic rings. The van der Waals surface area contributed by atoms with Crippen molar-refractivity contribution in [3.63, 3.8) is 0 Å². The number of furan rings is 1. The largest absolute Gasteiger partial charge is 0.493 e. The van der Waals surface area contributed by atoms with Gasteiger partial charge >= 0.3 is 0 Å². The van der Waals surface area contributed by atoms with E-state index in [1.54, 1.807) is 7.11 Å². The summed E-state index contributed by atoms with van der Waals surface area (Å²) < 4.78 is 16.9. The van der Waals surface area contributed by atoms with E-state index in [0.717, 1.165) is 27.6 Å². The van der Waals surface area contributed by atoms with Gasteiger partial charge < -0.3 is 19.2 Å². The highest BCUT2D eigenvalue weighted by molar-refractivity contribution is 9.10. The molecule has 1 N–H and O–H groups in total. The molecule has 0 aliphatic heterocycles. The van der Waals surface area contributed by atoms with Gasteiger partial charge in [-0.1, -0.05) is 0 Å². The maximum atomic E-state index is 5.53. The summed E-state index contributed by atoms with van der Waals surface area (Å²) in [6, 6.07) is 9.53. The van der Waals surface area contributed by atoms with Gasteiger partial charge in [-0.3, -0.25) is 0 Å². The van der Waals surface area contributed by atoms with E-state index in [-0.39, 0.29) is 0 Å². The van der Waals surface area contributed by atoms with Crippen molar-refractivity contribution in [1.82, 2.24) is 0 Å². The van der Waals surface area contributed by atoms with Crippen LogP contribution in [-0.4, -0.2) is 13.7 Å². The molecule has 102 valence electrons. The summed E-state index contributed by atoms with van der Waals surface area (Å²) in [5, 5.41) is 3.27. The van der Waals surface area contributed by atoms with Crippen LogP contribution in [0, 0.1) is 0 Å². The smallest absolute Gasteiger partial charge is 0.169 e. The van der Waals surface area contributed by atoms with Crippen LogP contribution in [0.25, 0.3) is 0 Å². The summed E-state index contributed by atoms with van der Waals surface area (Å²) in [4.78, 5) is 0. The number of rotatable bonds is 6. The molecular weight excluding hydrogens is 310 g/mol. The minimum absolute atomic E-state index is 0.602. The van der Waals surface area contributed by atoms with Gasteiger partial charge in [0.25, 0.3) is 0 Å². The monoisotopic (exact) mass is 325 g/mol. The van der Waals surface area contributed by atoms with Crippen molar-refractivity contribution in [2.75, 3.05) is 19.0 Å². The average Bonchev–Trinajstić information content (AvgIpc) is 2.83. The van der Waals surface area contributed by atoms with Crippen LogP contribution < -0.4 is 14.8 Å². The Morgan fingerprint density at radius 1 is 1.21 bits per heavy atom. The topological polar surface area (TPSA) is 43.6 Å². The Hall–Kier alpha value is -1.62. The fourth-order valence-electron chi connectivity index (χ4n) is 1.69. The van der Waals surface area contributed by atoms with Crippen LogP contribution in [0.15, 0.2) is 39.4 Å². The van der Waals surface area contributed by atoms with Crippen molar-refractivity contribution in [2.24, 2.45) is 0 Å². The highest BCUT2D eigenvalue weighted by Crippen LogP contribution is 2.30. The van der Waals surface area contributed by atoms with Crippen molar-refractivity contribution in [2.45, 2.75) is 13.5 Å². The lowest BCUT2D eigenvalue weighted by molar-refractivity contribution is 0.311. The SMILES string of the molecule is CCOc1cc(NCc2ccc(Br)o2)ccc1OC. The first-order valence-electron chi connectivity index (χ1n) is 6.02. The normalized spacial score (nSPS) is 10.3. The van der Waals surface area contributed by atoms with Crippen LogP contribution in [0.1, 0.15) is 12.7 Å². The number of hydrogen-bond acceptors (Lipinski definition) is 4.